The number of carbonyl (C=O) groups excluding carboxylic acids is 2. The summed E-state index contributed by atoms with van der Waals surface area (Å²) >= 11 is 0. The molecule has 0 aliphatic rings. The molecule has 0 unspecified atom stereocenters. The van der Waals surface area contributed by atoms with Crippen molar-refractivity contribution in [1.29, 1.82) is 0 Å². The fourth-order valence-electron chi connectivity index (χ4n) is 2.36. The average Bonchev–Trinajstić information content (AvgIpc) is 2.60. The highest BCUT2D eigenvalue weighted by Gasteiger charge is 2.32. The van der Waals surface area contributed by atoms with E-state index >= 15 is 0 Å². The fraction of sp³-hybridized carbons (Fsp3) is 0.238. The molecule has 0 atom stereocenters. The molecule has 2 aromatic rings. The molecule has 0 heterocycles. The van der Waals surface area contributed by atoms with E-state index in [1.54, 1.807) is 20.8 Å². The lowest BCUT2D eigenvalue weighted by Crippen LogP contribution is -2.27. The van der Waals surface area contributed by atoms with Crippen LogP contribution in [0.25, 0.3) is 6.08 Å². The van der Waals surface area contributed by atoms with Gasteiger partial charge in [0.05, 0.1) is 11.3 Å². The molecule has 0 saturated heterocycles. The van der Waals surface area contributed by atoms with Crippen LogP contribution in [0.5, 0.6) is 0 Å². The number of halogens is 4. The SMILES string of the molecule is CC(C)(C)OC(=O)Nc1ccc(F)c(NC(=O)/C=C/c2ccccc2C(F)(F)F)c1. The lowest BCUT2D eigenvalue weighted by molar-refractivity contribution is -0.137. The van der Waals surface area contributed by atoms with E-state index in [1.165, 1.54) is 24.3 Å². The zero-order valence-electron chi connectivity index (χ0n) is 16.4. The molecule has 0 radical (unpaired) electrons. The van der Waals surface area contributed by atoms with E-state index in [-0.39, 0.29) is 16.9 Å². The maximum absolute atomic E-state index is 14.0. The van der Waals surface area contributed by atoms with Gasteiger partial charge >= 0.3 is 12.3 Å². The second-order valence-electron chi connectivity index (χ2n) is 7.23. The molecule has 0 fully saturated rings. The number of hydrogen-bond donors (Lipinski definition) is 2. The third kappa shape index (κ3) is 6.91. The van der Waals surface area contributed by atoms with Gasteiger partial charge in [-0.3, -0.25) is 10.1 Å². The van der Waals surface area contributed by atoms with Crippen LogP contribution >= 0.6 is 0 Å². The van der Waals surface area contributed by atoms with Gasteiger partial charge in [-0.15, -0.1) is 0 Å². The molecule has 5 nitrogen and oxygen atoms in total. The standard InChI is InChI=1S/C21H20F4N2O3/c1-20(2,3)30-19(29)26-14-9-10-16(22)17(12-14)27-18(28)11-8-13-6-4-5-7-15(13)21(23,24)25/h4-12H,1-3H3,(H,26,29)(H,27,28)/b11-8+. The van der Waals surface area contributed by atoms with Crippen LogP contribution in [-0.4, -0.2) is 17.6 Å². The number of ether oxygens (including phenoxy) is 1. The minimum Gasteiger partial charge on any atom is -0.444 e. The van der Waals surface area contributed by atoms with Gasteiger partial charge in [-0.05, 0) is 56.7 Å². The number of carbonyl (C=O) groups is 2. The van der Waals surface area contributed by atoms with Gasteiger partial charge < -0.3 is 10.1 Å². The van der Waals surface area contributed by atoms with Crippen LogP contribution in [0, 0.1) is 5.82 Å². The number of alkyl halides is 3. The summed E-state index contributed by atoms with van der Waals surface area (Å²) in [5, 5.41) is 4.63. The van der Waals surface area contributed by atoms with Crippen LogP contribution in [0.4, 0.5) is 33.7 Å². The van der Waals surface area contributed by atoms with Gasteiger partial charge in [-0.2, -0.15) is 13.2 Å². The summed E-state index contributed by atoms with van der Waals surface area (Å²) in [5.41, 5.74) is -1.95. The summed E-state index contributed by atoms with van der Waals surface area (Å²) in [6.45, 7) is 5.02. The molecule has 2 rings (SSSR count). The largest absolute Gasteiger partial charge is 0.444 e. The van der Waals surface area contributed by atoms with E-state index in [0.717, 1.165) is 30.4 Å². The maximum Gasteiger partial charge on any atom is 0.416 e. The first-order chi connectivity index (χ1) is 13.8. The van der Waals surface area contributed by atoms with E-state index < -0.39 is 35.2 Å². The molecule has 30 heavy (non-hydrogen) atoms. The van der Waals surface area contributed by atoms with E-state index in [2.05, 4.69) is 10.6 Å². The fourth-order valence-corrected chi connectivity index (χ4v) is 2.36. The molecule has 2 amide bonds. The second-order valence-corrected chi connectivity index (χ2v) is 7.23. The maximum atomic E-state index is 14.0. The Morgan fingerprint density at radius 2 is 1.67 bits per heavy atom. The van der Waals surface area contributed by atoms with Crippen LogP contribution in [0.3, 0.4) is 0 Å². The van der Waals surface area contributed by atoms with Crippen LogP contribution in [0.2, 0.25) is 0 Å². The molecule has 2 aromatic carbocycles. The van der Waals surface area contributed by atoms with E-state index in [0.29, 0.717) is 0 Å². The topological polar surface area (TPSA) is 67.4 Å². The van der Waals surface area contributed by atoms with Crippen molar-refractivity contribution in [1.82, 2.24) is 0 Å². The Kier molecular flexibility index (Phi) is 6.86. The quantitative estimate of drug-likeness (QED) is 0.478. The first-order valence-electron chi connectivity index (χ1n) is 8.80. The highest BCUT2D eigenvalue weighted by molar-refractivity contribution is 6.02. The van der Waals surface area contributed by atoms with E-state index in [4.69, 9.17) is 4.74 Å². The highest BCUT2D eigenvalue weighted by Crippen LogP contribution is 2.32. The Hall–Kier alpha value is -3.36. The Morgan fingerprint density at radius 1 is 1.00 bits per heavy atom. The Balaban J connectivity index is 2.12. The molecular formula is C21H20F4N2O3. The normalized spacial score (nSPS) is 12.0. The monoisotopic (exact) mass is 424 g/mol. The summed E-state index contributed by atoms with van der Waals surface area (Å²) in [6.07, 6.45) is -3.50. The average molecular weight is 424 g/mol. The van der Waals surface area contributed by atoms with Crippen LogP contribution in [0.15, 0.2) is 48.5 Å². The molecule has 2 N–H and O–H groups in total. The molecule has 0 saturated carbocycles. The lowest BCUT2D eigenvalue weighted by atomic mass is 10.1. The summed E-state index contributed by atoms with van der Waals surface area (Å²) in [7, 11) is 0. The molecule has 0 aliphatic heterocycles. The van der Waals surface area contributed by atoms with Gasteiger partial charge in [0.2, 0.25) is 5.91 Å². The highest BCUT2D eigenvalue weighted by atomic mass is 19.4. The number of rotatable bonds is 4. The molecule has 160 valence electrons. The van der Waals surface area contributed by atoms with Crippen molar-refractivity contribution in [2.75, 3.05) is 10.6 Å². The van der Waals surface area contributed by atoms with Crippen LogP contribution in [0.1, 0.15) is 31.9 Å². The summed E-state index contributed by atoms with van der Waals surface area (Å²) < 4.78 is 58.1. The number of anilines is 2. The van der Waals surface area contributed by atoms with Gasteiger partial charge in [0.15, 0.2) is 0 Å². The molecule has 0 aliphatic carbocycles. The van der Waals surface area contributed by atoms with Gasteiger partial charge in [0.1, 0.15) is 11.4 Å². The Morgan fingerprint density at radius 3 is 2.30 bits per heavy atom. The van der Waals surface area contributed by atoms with Gasteiger partial charge in [0.25, 0.3) is 0 Å². The third-order valence-electron chi connectivity index (χ3n) is 3.55. The van der Waals surface area contributed by atoms with E-state index in [9.17, 15) is 27.2 Å². The van der Waals surface area contributed by atoms with Gasteiger partial charge in [-0.25, -0.2) is 9.18 Å². The lowest BCUT2D eigenvalue weighted by Gasteiger charge is -2.19. The number of nitrogens with one attached hydrogen (secondary N) is 2. The van der Waals surface area contributed by atoms with E-state index in [1.807, 2.05) is 0 Å². The van der Waals surface area contributed by atoms with Crippen LogP contribution < -0.4 is 10.6 Å². The number of benzene rings is 2. The third-order valence-corrected chi connectivity index (χ3v) is 3.55. The summed E-state index contributed by atoms with van der Waals surface area (Å²) in [5.74, 6) is -1.64. The Bertz CT molecular complexity index is 963. The van der Waals surface area contributed by atoms with Crippen molar-refractivity contribution >= 4 is 29.5 Å². The number of hydrogen-bond acceptors (Lipinski definition) is 3. The first-order valence-corrected chi connectivity index (χ1v) is 8.80. The predicted molar refractivity (Wildman–Crippen MR) is 105 cm³/mol. The predicted octanol–water partition coefficient (Wildman–Crippen LogP) is 5.84. The van der Waals surface area contributed by atoms with Crippen molar-refractivity contribution in [2.24, 2.45) is 0 Å². The first kappa shape index (κ1) is 22.9. The van der Waals surface area contributed by atoms with Crippen molar-refractivity contribution in [3.05, 3.63) is 65.5 Å². The Labute approximate surface area is 170 Å². The van der Waals surface area contributed by atoms with Crippen molar-refractivity contribution in [3.8, 4) is 0 Å². The number of amides is 2. The summed E-state index contributed by atoms with van der Waals surface area (Å²) in [6, 6.07) is 8.18. The van der Waals surface area contributed by atoms with Crippen molar-refractivity contribution < 1.29 is 31.9 Å². The molecular weight excluding hydrogens is 404 g/mol. The zero-order chi connectivity index (χ0) is 22.5. The molecule has 9 heteroatoms. The minimum atomic E-state index is -4.58. The second kappa shape index (κ2) is 8.98. The van der Waals surface area contributed by atoms with Crippen LogP contribution in [-0.2, 0) is 15.7 Å². The molecule has 0 spiro atoms. The smallest absolute Gasteiger partial charge is 0.416 e. The molecule has 0 bridgehead atoms. The zero-order valence-corrected chi connectivity index (χ0v) is 16.4. The van der Waals surface area contributed by atoms with Crippen molar-refractivity contribution in [2.45, 2.75) is 32.5 Å². The summed E-state index contributed by atoms with van der Waals surface area (Å²) in [4.78, 5) is 23.9. The van der Waals surface area contributed by atoms with Gasteiger partial charge in [-0.1, -0.05) is 18.2 Å². The molecule has 0 aromatic heterocycles. The van der Waals surface area contributed by atoms with Crippen molar-refractivity contribution in [3.63, 3.8) is 0 Å². The van der Waals surface area contributed by atoms with Gasteiger partial charge in [0, 0.05) is 11.8 Å². The minimum absolute atomic E-state index is 0.160.